The number of carboxylic acids is 1. The Bertz CT molecular complexity index is 678. The van der Waals surface area contributed by atoms with Gasteiger partial charge in [-0.2, -0.15) is 0 Å². The molecule has 0 radical (unpaired) electrons. The van der Waals surface area contributed by atoms with Crippen molar-refractivity contribution in [3.63, 3.8) is 0 Å². The molecule has 0 atom stereocenters. The SMILES string of the molecule is Cc1ccc2c(c1)N(c1sc(C(=O)O)cc1C)CCO2. The van der Waals surface area contributed by atoms with Crippen molar-refractivity contribution in [3.8, 4) is 5.75 Å². The Morgan fingerprint density at radius 1 is 1.35 bits per heavy atom. The number of aryl methyl sites for hydroxylation is 2. The average molecular weight is 289 g/mol. The summed E-state index contributed by atoms with van der Waals surface area (Å²) in [4.78, 5) is 13.6. The summed E-state index contributed by atoms with van der Waals surface area (Å²) in [7, 11) is 0. The monoisotopic (exact) mass is 289 g/mol. The second kappa shape index (κ2) is 4.83. The molecule has 104 valence electrons. The van der Waals surface area contributed by atoms with Gasteiger partial charge in [-0.15, -0.1) is 11.3 Å². The highest BCUT2D eigenvalue weighted by molar-refractivity contribution is 7.18. The van der Waals surface area contributed by atoms with E-state index < -0.39 is 5.97 Å². The van der Waals surface area contributed by atoms with Crippen LogP contribution in [0, 0.1) is 13.8 Å². The lowest BCUT2D eigenvalue weighted by atomic mass is 10.1. The zero-order chi connectivity index (χ0) is 14.3. The van der Waals surface area contributed by atoms with E-state index in [4.69, 9.17) is 9.84 Å². The van der Waals surface area contributed by atoms with E-state index in [0.29, 0.717) is 11.5 Å². The molecule has 0 bridgehead atoms. The predicted octanol–water partition coefficient (Wildman–Crippen LogP) is 3.59. The Morgan fingerprint density at radius 2 is 2.15 bits per heavy atom. The summed E-state index contributed by atoms with van der Waals surface area (Å²) in [6.07, 6.45) is 0. The standard InChI is InChI=1S/C15H15NO3S/c1-9-3-4-12-11(7-9)16(5-6-19-12)14-10(2)8-13(20-14)15(17)18/h3-4,7-8H,5-6H2,1-2H3,(H,17,18). The first-order valence-corrected chi connectivity index (χ1v) is 7.22. The maximum atomic E-state index is 11.1. The van der Waals surface area contributed by atoms with Crippen LogP contribution in [0.25, 0.3) is 0 Å². The van der Waals surface area contributed by atoms with E-state index in [1.54, 1.807) is 6.07 Å². The third kappa shape index (κ3) is 2.14. The van der Waals surface area contributed by atoms with Crippen LogP contribution in [-0.4, -0.2) is 24.2 Å². The van der Waals surface area contributed by atoms with Gasteiger partial charge in [0.25, 0.3) is 0 Å². The molecule has 2 heterocycles. The van der Waals surface area contributed by atoms with Crippen LogP contribution in [0.2, 0.25) is 0 Å². The minimum Gasteiger partial charge on any atom is -0.490 e. The number of rotatable bonds is 2. The lowest BCUT2D eigenvalue weighted by molar-refractivity contribution is 0.0702. The van der Waals surface area contributed by atoms with Crippen molar-refractivity contribution >= 4 is 28.0 Å². The molecule has 0 unspecified atom stereocenters. The van der Waals surface area contributed by atoms with Gasteiger partial charge in [0.2, 0.25) is 0 Å². The molecule has 0 saturated carbocycles. The maximum Gasteiger partial charge on any atom is 0.345 e. The maximum absolute atomic E-state index is 11.1. The molecule has 0 amide bonds. The second-order valence-corrected chi connectivity index (χ2v) is 5.91. The number of carboxylic acid groups (broad SMARTS) is 1. The third-order valence-corrected chi connectivity index (χ3v) is 4.57. The van der Waals surface area contributed by atoms with Crippen LogP contribution < -0.4 is 9.64 Å². The van der Waals surface area contributed by atoms with Crippen molar-refractivity contribution in [3.05, 3.63) is 40.3 Å². The summed E-state index contributed by atoms with van der Waals surface area (Å²) in [5.74, 6) is -0.0198. The van der Waals surface area contributed by atoms with E-state index >= 15 is 0 Å². The van der Waals surface area contributed by atoms with Crippen molar-refractivity contribution in [2.24, 2.45) is 0 Å². The zero-order valence-corrected chi connectivity index (χ0v) is 12.2. The fourth-order valence-electron chi connectivity index (χ4n) is 2.38. The van der Waals surface area contributed by atoms with Gasteiger partial charge in [0.15, 0.2) is 0 Å². The Hall–Kier alpha value is -2.01. The second-order valence-electron chi connectivity index (χ2n) is 4.88. The third-order valence-electron chi connectivity index (χ3n) is 3.33. The van der Waals surface area contributed by atoms with Gasteiger partial charge in [-0.1, -0.05) is 6.07 Å². The summed E-state index contributed by atoms with van der Waals surface area (Å²) in [6, 6.07) is 7.80. The van der Waals surface area contributed by atoms with Gasteiger partial charge >= 0.3 is 5.97 Å². The number of ether oxygens (including phenoxy) is 1. The number of benzene rings is 1. The molecule has 1 aromatic carbocycles. The lowest BCUT2D eigenvalue weighted by Gasteiger charge is -2.31. The van der Waals surface area contributed by atoms with Crippen molar-refractivity contribution in [2.75, 3.05) is 18.1 Å². The van der Waals surface area contributed by atoms with Crippen LogP contribution in [0.3, 0.4) is 0 Å². The largest absolute Gasteiger partial charge is 0.490 e. The molecule has 1 N–H and O–H groups in total. The number of fused-ring (bicyclic) bond motifs is 1. The first-order valence-electron chi connectivity index (χ1n) is 6.41. The summed E-state index contributed by atoms with van der Waals surface area (Å²) in [6.45, 7) is 5.33. The highest BCUT2D eigenvalue weighted by atomic mass is 32.1. The lowest BCUT2D eigenvalue weighted by Crippen LogP contribution is -2.28. The Labute approximate surface area is 121 Å². The Morgan fingerprint density at radius 3 is 2.85 bits per heavy atom. The normalized spacial score (nSPS) is 13.8. The number of carbonyl (C=O) groups is 1. The quantitative estimate of drug-likeness (QED) is 0.918. The van der Waals surface area contributed by atoms with Gasteiger partial charge in [-0.25, -0.2) is 4.79 Å². The van der Waals surface area contributed by atoms with Crippen molar-refractivity contribution in [1.82, 2.24) is 0 Å². The van der Waals surface area contributed by atoms with Crippen molar-refractivity contribution in [1.29, 1.82) is 0 Å². The number of hydrogen-bond acceptors (Lipinski definition) is 4. The highest BCUT2D eigenvalue weighted by Gasteiger charge is 2.23. The molecule has 0 spiro atoms. The fraction of sp³-hybridized carbons (Fsp3) is 0.267. The number of aromatic carboxylic acids is 1. The van der Waals surface area contributed by atoms with E-state index in [0.717, 1.165) is 34.1 Å². The summed E-state index contributed by atoms with van der Waals surface area (Å²) >= 11 is 1.31. The number of hydrogen-bond donors (Lipinski definition) is 1. The molecule has 0 aliphatic carbocycles. The van der Waals surface area contributed by atoms with Crippen LogP contribution >= 0.6 is 11.3 Å². The van der Waals surface area contributed by atoms with Gasteiger partial charge in [0, 0.05) is 0 Å². The molecule has 20 heavy (non-hydrogen) atoms. The van der Waals surface area contributed by atoms with Crippen LogP contribution in [-0.2, 0) is 0 Å². The van der Waals surface area contributed by atoms with Crippen LogP contribution in [0.5, 0.6) is 5.75 Å². The topological polar surface area (TPSA) is 49.8 Å². The van der Waals surface area contributed by atoms with E-state index in [2.05, 4.69) is 11.0 Å². The van der Waals surface area contributed by atoms with E-state index in [1.807, 2.05) is 26.0 Å². The molecule has 0 saturated heterocycles. The summed E-state index contributed by atoms with van der Waals surface area (Å²) in [5, 5.41) is 10.1. The molecule has 5 heteroatoms. The van der Waals surface area contributed by atoms with Crippen molar-refractivity contribution < 1.29 is 14.6 Å². The van der Waals surface area contributed by atoms with Gasteiger partial charge in [0.1, 0.15) is 17.2 Å². The number of thiophene rings is 1. The summed E-state index contributed by atoms with van der Waals surface area (Å²) in [5.41, 5.74) is 3.16. The smallest absolute Gasteiger partial charge is 0.345 e. The van der Waals surface area contributed by atoms with Gasteiger partial charge in [-0.3, -0.25) is 0 Å². The molecular formula is C15H15NO3S. The molecule has 2 aromatic rings. The number of anilines is 2. The first kappa shape index (κ1) is 13.0. The fourth-order valence-corrected chi connectivity index (χ4v) is 3.44. The molecule has 0 fully saturated rings. The Kier molecular flexibility index (Phi) is 3.14. The van der Waals surface area contributed by atoms with E-state index in [9.17, 15) is 4.79 Å². The van der Waals surface area contributed by atoms with Gasteiger partial charge < -0.3 is 14.7 Å². The van der Waals surface area contributed by atoms with Crippen molar-refractivity contribution in [2.45, 2.75) is 13.8 Å². The van der Waals surface area contributed by atoms with Crippen LogP contribution in [0.1, 0.15) is 20.8 Å². The van der Waals surface area contributed by atoms with Gasteiger partial charge in [-0.05, 0) is 43.2 Å². The Balaban J connectivity index is 2.08. The molecule has 1 aliphatic rings. The zero-order valence-electron chi connectivity index (χ0n) is 11.3. The average Bonchev–Trinajstić information content (AvgIpc) is 2.80. The summed E-state index contributed by atoms with van der Waals surface area (Å²) < 4.78 is 5.67. The minimum absolute atomic E-state index is 0.373. The van der Waals surface area contributed by atoms with E-state index in [-0.39, 0.29) is 0 Å². The van der Waals surface area contributed by atoms with E-state index in [1.165, 1.54) is 11.3 Å². The number of nitrogens with zero attached hydrogens (tertiary/aromatic N) is 1. The molecule has 1 aliphatic heterocycles. The van der Waals surface area contributed by atoms with Crippen LogP contribution in [0.15, 0.2) is 24.3 Å². The molecule has 3 rings (SSSR count). The predicted molar refractivity (Wildman–Crippen MR) is 79.7 cm³/mol. The molecule has 1 aromatic heterocycles. The van der Waals surface area contributed by atoms with Gasteiger partial charge in [0.05, 0.1) is 17.2 Å². The highest BCUT2D eigenvalue weighted by Crippen LogP contribution is 2.42. The molecule has 4 nitrogen and oxygen atoms in total. The first-order chi connectivity index (χ1) is 9.56. The minimum atomic E-state index is -0.873. The van der Waals surface area contributed by atoms with Crippen LogP contribution in [0.4, 0.5) is 10.7 Å². The molecular weight excluding hydrogens is 274 g/mol.